The number of rotatable bonds is 0. The third-order valence-corrected chi connectivity index (χ3v) is 3.07. The van der Waals surface area contributed by atoms with Crippen molar-refractivity contribution in [2.24, 2.45) is 0 Å². The minimum absolute atomic E-state index is 0.433. The maximum absolute atomic E-state index is 10.1. The third-order valence-electron chi connectivity index (χ3n) is 3.07. The molecule has 0 aliphatic heterocycles. The van der Waals surface area contributed by atoms with E-state index in [0.29, 0.717) is 5.75 Å². The van der Waals surface area contributed by atoms with Gasteiger partial charge < -0.3 is 5.11 Å². The van der Waals surface area contributed by atoms with Gasteiger partial charge in [-0.05, 0) is 49.8 Å². The first kappa shape index (κ1) is 10.0. The van der Waals surface area contributed by atoms with Gasteiger partial charge in [-0.2, -0.15) is 0 Å². The quantitative estimate of drug-likeness (QED) is 0.686. The minimum atomic E-state index is 0.433. The number of hydrogen-bond acceptors (Lipinski definition) is 1. The average Bonchev–Trinajstić information content (AvgIpc) is 2.13. The number of phenols is 1. The van der Waals surface area contributed by atoms with Crippen LogP contribution in [0.15, 0.2) is 18.2 Å². The molecule has 0 heterocycles. The van der Waals surface area contributed by atoms with Gasteiger partial charge in [-0.1, -0.05) is 23.8 Å². The van der Waals surface area contributed by atoms with E-state index in [4.69, 9.17) is 0 Å². The fourth-order valence-electron chi connectivity index (χ4n) is 2.15. The molecule has 15 heavy (non-hydrogen) atoms. The standard InChI is InChI=1S/C14H16O/c1-8-5-10(3)13-12(6-8)7-9(2)11(4)14(13)15/h5-7,15H,1-4H3. The van der Waals surface area contributed by atoms with Gasteiger partial charge in [0.2, 0.25) is 0 Å². The Morgan fingerprint density at radius 2 is 1.53 bits per heavy atom. The second-order valence-corrected chi connectivity index (χ2v) is 4.35. The fraction of sp³-hybridized carbons (Fsp3) is 0.286. The highest BCUT2D eigenvalue weighted by atomic mass is 16.3. The van der Waals surface area contributed by atoms with E-state index in [0.717, 1.165) is 27.5 Å². The molecule has 2 aromatic carbocycles. The van der Waals surface area contributed by atoms with Crippen molar-refractivity contribution in [2.45, 2.75) is 27.7 Å². The Hall–Kier alpha value is -1.50. The lowest BCUT2D eigenvalue weighted by atomic mass is 9.96. The average molecular weight is 200 g/mol. The summed E-state index contributed by atoms with van der Waals surface area (Å²) in [7, 11) is 0. The van der Waals surface area contributed by atoms with Crippen molar-refractivity contribution in [1.29, 1.82) is 0 Å². The molecule has 2 rings (SSSR count). The molecule has 0 radical (unpaired) electrons. The van der Waals surface area contributed by atoms with Gasteiger partial charge in [-0.15, -0.1) is 0 Å². The number of fused-ring (bicyclic) bond motifs is 1. The van der Waals surface area contributed by atoms with Gasteiger partial charge in [0.25, 0.3) is 0 Å². The second-order valence-electron chi connectivity index (χ2n) is 4.35. The molecule has 0 amide bonds. The first-order chi connectivity index (χ1) is 7.00. The molecule has 1 heteroatoms. The highest BCUT2D eigenvalue weighted by Crippen LogP contribution is 2.33. The zero-order valence-corrected chi connectivity index (χ0v) is 9.68. The Morgan fingerprint density at radius 1 is 0.867 bits per heavy atom. The molecule has 1 nitrogen and oxygen atoms in total. The maximum atomic E-state index is 10.1. The summed E-state index contributed by atoms with van der Waals surface area (Å²) < 4.78 is 0. The Balaban J connectivity index is 2.99. The molecule has 0 fully saturated rings. The zero-order valence-electron chi connectivity index (χ0n) is 9.68. The van der Waals surface area contributed by atoms with Gasteiger partial charge in [-0.25, -0.2) is 0 Å². The van der Waals surface area contributed by atoms with Crippen molar-refractivity contribution in [3.05, 3.63) is 40.5 Å². The summed E-state index contributed by atoms with van der Waals surface area (Å²) in [5, 5.41) is 12.2. The van der Waals surface area contributed by atoms with Gasteiger partial charge >= 0.3 is 0 Å². The number of aryl methyl sites for hydroxylation is 3. The summed E-state index contributed by atoms with van der Waals surface area (Å²) in [6.45, 7) is 8.12. The van der Waals surface area contributed by atoms with Gasteiger partial charge in [0.1, 0.15) is 5.75 Å². The van der Waals surface area contributed by atoms with Crippen LogP contribution in [0.5, 0.6) is 5.75 Å². The van der Waals surface area contributed by atoms with Crippen molar-refractivity contribution >= 4 is 10.8 Å². The Morgan fingerprint density at radius 3 is 2.20 bits per heavy atom. The van der Waals surface area contributed by atoms with E-state index in [9.17, 15) is 5.11 Å². The van der Waals surface area contributed by atoms with Crippen LogP contribution in [0.2, 0.25) is 0 Å². The summed E-state index contributed by atoms with van der Waals surface area (Å²) in [5.74, 6) is 0.433. The first-order valence-corrected chi connectivity index (χ1v) is 5.21. The zero-order chi connectivity index (χ0) is 11.2. The lowest BCUT2D eigenvalue weighted by Gasteiger charge is -2.11. The summed E-state index contributed by atoms with van der Waals surface area (Å²) in [4.78, 5) is 0. The van der Waals surface area contributed by atoms with Crippen LogP contribution in [-0.2, 0) is 0 Å². The molecule has 0 atom stereocenters. The van der Waals surface area contributed by atoms with Crippen molar-refractivity contribution in [3.8, 4) is 5.75 Å². The summed E-state index contributed by atoms with van der Waals surface area (Å²) in [6.07, 6.45) is 0. The van der Waals surface area contributed by atoms with E-state index in [1.54, 1.807) is 0 Å². The maximum Gasteiger partial charge on any atom is 0.126 e. The van der Waals surface area contributed by atoms with Crippen molar-refractivity contribution in [3.63, 3.8) is 0 Å². The van der Waals surface area contributed by atoms with Gasteiger partial charge in [0.15, 0.2) is 0 Å². The van der Waals surface area contributed by atoms with Crippen molar-refractivity contribution < 1.29 is 5.11 Å². The van der Waals surface area contributed by atoms with Crippen molar-refractivity contribution in [1.82, 2.24) is 0 Å². The molecule has 0 bridgehead atoms. The Labute approximate surface area is 90.4 Å². The highest BCUT2D eigenvalue weighted by molar-refractivity contribution is 5.93. The third kappa shape index (κ3) is 1.48. The monoisotopic (exact) mass is 200 g/mol. The lowest BCUT2D eigenvalue weighted by Crippen LogP contribution is -1.88. The van der Waals surface area contributed by atoms with E-state index in [-0.39, 0.29) is 0 Å². The Bertz CT molecular complexity index is 539. The molecule has 2 aromatic rings. The summed E-state index contributed by atoms with van der Waals surface area (Å²) >= 11 is 0. The molecule has 0 aliphatic rings. The van der Waals surface area contributed by atoms with Gasteiger partial charge in [0.05, 0.1) is 0 Å². The largest absolute Gasteiger partial charge is 0.507 e. The SMILES string of the molecule is Cc1cc(C)c2c(O)c(C)c(C)cc2c1. The molecule has 0 spiro atoms. The van der Waals surface area contributed by atoms with Gasteiger partial charge in [-0.3, -0.25) is 0 Å². The van der Waals surface area contributed by atoms with E-state index >= 15 is 0 Å². The summed E-state index contributed by atoms with van der Waals surface area (Å²) in [6, 6.07) is 6.37. The normalized spacial score (nSPS) is 10.9. The van der Waals surface area contributed by atoms with E-state index in [1.165, 1.54) is 5.56 Å². The van der Waals surface area contributed by atoms with Crippen LogP contribution in [0.25, 0.3) is 10.8 Å². The number of aromatic hydroxyl groups is 1. The number of benzene rings is 2. The van der Waals surface area contributed by atoms with Gasteiger partial charge in [0, 0.05) is 5.39 Å². The van der Waals surface area contributed by atoms with E-state index in [1.807, 2.05) is 20.8 Å². The molecular weight excluding hydrogens is 184 g/mol. The summed E-state index contributed by atoms with van der Waals surface area (Å²) in [5.41, 5.74) is 4.51. The predicted octanol–water partition coefficient (Wildman–Crippen LogP) is 3.78. The molecule has 0 saturated carbocycles. The van der Waals surface area contributed by atoms with Crippen LogP contribution in [0.3, 0.4) is 0 Å². The number of hydrogen-bond donors (Lipinski definition) is 1. The topological polar surface area (TPSA) is 20.2 Å². The lowest BCUT2D eigenvalue weighted by molar-refractivity contribution is 0.477. The van der Waals surface area contributed by atoms with Crippen LogP contribution in [0, 0.1) is 27.7 Å². The molecule has 0 aromatic heterocycles. The smallest absolute Gasteiger partial charge is 0.126 e. The van der Waals surface area contributed by atoms with E-state index < -0.39 is 0 Å². The predicted molar refractivity (Wildman–Crippen MR) is 64.6 cm³/mol. The highest BCUT2D eigenvalue weighted by Gasteiger charge is 2.08. The van der Waals surface area contributed by atoms with Crippen LogP contribution in [0.1, 0.15) is 22.3 Å². The Kier molecular flexibility index (Phi) is 2.18. The van der Waals surface area contributed by atoms with Crippen LogP contribution < -0.4 is 0 Å². The minimum Gasteiger partial charge on any atom is -0.507 e. The molecule has 78 valence electrons. The number of phenolic OH excluding ortho intramolecular Hbond substituents is 1. The van der Waals surface area contributed by atoms with Crippen LogP contribution in [-0.4, -0.2) is 5.11 Å². The molecule has 0 aliphatic carbocycles. The van der Waals surface area contributed by atoms with Crippen molar-refractivity contribution in [2.75, 3.05) is 0 Å². The molecule has 0 saturated heterocycles. The molecule has 0 unspecified atom stereocenters. The second kappa shape index (κ2) is 3.27. The van der Waals surface area contributed by atoms with E-state index in [2.05, 4.69) is 25.1 Å². The molecular formula is C14H16O. The first-order valence-electron chi connectivity index (χ1n) is 5.21. The van der Waals surface area contributed by atoms with Crippen LogP contribution in [0.4, 0.5) is 0 Å². The fourth-order valence-corrected chi connectivity index (χ4v) is 2.15. The van der Waals surface area contributed by atoms with Crippen LogP contribution >= 0.6 is 0 Å². The molecule has 1 N–H and O–H groups in total.